The Hall–Kier alpha value is -2.31. The van der Waals surface area contributed by atoms with E-state index in [2.05, 4.69) is 15.7 Å². The van der Waals surface area contributed by atoms with E-state index >= 15 is 0 Å². The Morgan fingerprint density at radius 2 is 2.20 bits per heavy atom. The van der Waals surface area contributed by atoms with Crippen LogP contribution in [0.5, 0.6) is 5.75 Å². The van der Waals surface area contributed by atoms with Gasteiger partial charge < -0.3 is 15.5 Å². The summed E-state index contributed by atoms with van der Waals surface area (Å²) in [6, 6.07) is 6.57. The molecule has 0 atom stereocenters. The molecular weight excluding hydrogens is 280 g/mol. The summed E-state index contributed by atoms with van der Waals surface area (Å²) < 4.78 is 5.04. The second kappa shape index (κ2) is 6.23. The Morgan fingerprint density at radius 1 is 1.40 bits per heavy atom. The number of hydrogen-bond acceptors (Lipinski definition) is 5. The van der Waals surface area contributed by atoms with Gasteiger partial charge in [0.2, 0.25) is 0 Å². The number of benzene rings is 1. The fraction of sp³-hybridized carbons (Fsp3) is 0.0769. The first-order valence-electron chi connectivity index (χ1n) is 5.71. The van der Waals surface area contributed by atoms with Crippen molar-refractivity contribution in [3.8, 4) is 5.75 Å². The normalized spacial score (nSPS) is 9.95. The number of ether oxygens (including phenoxy) is 1. The molecule has 0 aliphatic rings. The lowest BCUT2D eigenvalue weighted by molar-refractivity contribution is 0.102. The molecule has 0 spiro atoms. The Bertz CT molecular complexity index is 634. The van der Waals surface area contributed by atoms with Crippen LogP contribution < -0.4 is 21.3 Å². The van der Waals surface area contributed by atoms with Gasteiger partial charge >= 0.3 is 0 Å². The molecule has 1 heterocycles. The maximum absolute atomic E-state index is 12.1. The fourth-order valence-electron chi connectivity index (χ4n) is 1.64. The summed E-state index contributed by atoms with van der Waals surface area (Å²) in [6.07, 6.45) is 2.96. The van der Waals surface area contributed by atoms with Crippen LogP contribution in [-0.4, -0.2) is 18.0 Å². The van der Waals surface area contributed by atoms with E-state index in [1.165, 1.54) is 19.5 Å². The van der Waals surface area contributed by atoms with Gasteiger partial charge in [0, 0.05) is 18.1 Å². The molecule has 0 saturated carbocycles. The SMILES string of the molecule is COc1ccc(NC(=O)c2cnccc2NN)cc1Cl. The van der Waals surface area contributed by atoms with E-state index in [4.69, 9.17) is 22.2 Å². The van der Waals surface area contributed by atoms with Gasteiger partial charge in [-0.1, -0.05) is 11.6 Å². The molecule has 20 heavy (non-hydrogen) atoms. The molecule has 0 bridgehead atoms. The number of amides is 1. The maximum atomic E-state index is 12.1. The molecule has 1 aromatic heterocycles. The van der Waals surface area contributed by atoms with Gasteiger partial charge in [0.15, 0.2) is 0 Å². The van der Waals surface area contributed by atoms with Crippen LogP contribution in [0.25, 0.3) is 0 Å². The Morgan fingerprint density at radius 3 is 2.85 bits per heavy atom. The third-order valence-corrected chi connectivity index (χ3v) is 2.93. The van der Waals surface area contributed by atoms with Crippen LogP contribution in [0, 0.1) is 0 Å². The quantitative estimate of drug-likeness (QED) is 0.594. The molecule has 6 nitrogen and oxygen atoms in total. The molecule has 104 valence electrons. The zero-order chi connectivity index (χ0) is 14.5. The standard InChI is InChI=1S/C13H13ClN4O2/c1-20-12-3-2-8(6-10(12)14)17-13(19)9-7-16-5-4-11(9)18-15/h2-7H,15H2,1H3,(H,16,18)(H,17,19). The third kappa shape index (κ3) is 2.98. The number of nitrogen functional groups attached to an aromatic ring is 1. The molecule has 0 aliphatic heterocycles. The number of rotatable bonds is 4. The molecular formula is C13H13ClN4O2. The van der Waals surface area contributed by atoms with Crippen molar-refractivity contribution in [3.63, 3.8) is 0 Å². The molecule has 0 aliphatic carbocycles. The third-order valence-electron chi connectivity index (χ3n) is 2.63. The first kappa shape index (κ1) is 14.1. The topological polar surface area (TPSA) is 89.3 Å². The van der Waals surface area contributed by atoms with Crippen LogP contribution in [0.15, 0.2) is 36.7 Å². The lowest BCUT2D eigenvalue weighted by Gasteiger charge is -2.10. The molecule has 1 amide bonds. The lowest BCUT2D eigenvalue weighted by atomic mass is 10.2. The van der Waals surface area contributed by atoms with E-state index in [1.54, 1.807) is 24.3 Å². The molecule has 0 unspecified atom stereocenters. The largest absolute Gasteiger partial charge is 0.495 e. The van der Waals surface area contributed by atoms with Crippen LogP contribution in [-0.2, 0) is 0 Å². The van der Waals surface area contributed by atoms with Crippen LogP contribution in [0.3, 0.4) is 0 Å². The van der Waals surface area contributed by atoms with Gasteiger partial charge in [0.05, 0.1) is 23.4 Å². The number of hydrazine groups is 1. The molecule has 0 fully saturated rings. The average molecular weight is 293 g/mol. The first-order chi connectivity index (χ1) is 9.65. The van der Waals surface area contributed by atoms with Gasteiger partial charge in [-0.2, -0.15) is 0 Å². The number of hydrogen-bond donors (Lipinski definition) is 3. The van der Waals surface area contributed by atoms with Crippen LogP contribution in [0.2, 0.25) is 5.02 Å². The predicted molar refractivity (Wildman–Crippen MR) is 78.0 cm³/mol. The number of pyridine rings is 1. The van der Waals surface area contributed by atoms with Gasteiger partial charge in [-0.15, -0.1) is 0 Å². The summed E-state index contributed by atoms with van der Waals surface area (Å²) in [7, 11) is 1.52. The molecule has 2 rings (SSSR count). The summed E-state index contributed by atoms with van der Waals surface area (Å²) >= 11 is 6.00. The van der Waals surface area contributed by atoms with Crippen molar-refractivity contribution >= 4 is 28.9 Å². The molecule has 1 aromatic carbocycles. The number of carbonyl (C=O) groups excluding carboxylic acids is 1. The highest BCUT2D eigenvalue weighted by molar-refractivity contribution is 6.32. The van der Waals surface area contributed by atoms with Crippen molar-refractivity contribution < 1.29 is 9.53 Å². The smallest absolute Gasteiger partial charge is 0.259 e. The highest BCUT2D eigenvalue weighted by atomic mass is 35.5. The number of nitrogens with two attached hydrogens (primary N) is 1. The van der Waals surface area contributed by atoms with Gasteiger partial charge in [-0.3, -0.25) is 15.6 Å². The van der Waals surface area contributed by atoms with Gasteiger partial charge in [0.25, 0.3) is 5.91 Å². The molecule has 7 heteroatoms. The summed E-state index contributed by atoms with van der Waals surface area (Å²) in [4.78, 5) is 16.0. The summed E-state index contributed by atoms with van der Waals surface area (Å²) in [6.45, 7) is 0. The fourth-order valence-corrected chi connectivity index (χ4v) is 1.90. The number of nitrogens with one attached hydrogen (secondary N) is 2. The van der Waals surface area contributed by atoms with Crippen molar-refractivity contribution in [1.29, 1.82) is 0 Å². The highest BCUT2D eigenvalue weighted by Gasteiger charge is 2.12. The molecule has 0 saturated heterocycles. The van der Waals surface area contributed by atoms with Gasteiger partial charge in [-0.05, 0) is 24.3 Å². The minimum absolute atomic E-state index is 0.335. The minimum Gasteiger partial charge on any atom is -0.495 e. The van der Waals surface area contributed by atoms with Crippen molar-refractivity contribution in [3.05, 3.63) is 47.2 Å². The van der Waals surface area contributed by atoms with E-state index in [-0.39, 0.29) is 5.91 Å². The second-order valence-corrected chi connectivity index (χ2v) is 4.28. The van der Waals surface area contributed by atoms with Crippen molar-refractivity contribution in [2.24, 2.45) is 5.84 Å². The summed E-state index contributed by atoms with van der Waals surface area (Å²) in [5.41, 5.74) is 3.81. The Labute approximate surface area is 120 Å². The molecule has 0 radical (unpaired) electrons. The van der Waals surface area contributed by atoms with Gasteiger partial charge in [-0.25, -0.2) is 0 Å². The average Bonchev–Trinajstić information content (AvgIpc) is 2.47. The van der Waals surface area contributed by atoms with Crippen LogP contribution >= 0.6 is 11.6 Å². The lowest BCUT2D eigenvalue weighted by Crippen LogP contribution is -2.17. The molecule has 4 N–H and O–H groups in total. The predicted octanol–water partition coefficient (Wildman–Crippen LogP) is 2.28. The number of halogens is 1. The van der Waals surface area contributed by atoms with E-state index in [1.807, 2.05) is 0 Å². The summed E-state index contributed by atoms with van der Waals surface area (Å²) in [5.74, 6) is 5.55. The van der Waals surface area contributed by atoms with Crippen molar-refractivity contribution in [1.82, 2.24) is 4.98 Å². The number of methoxy groups -OCH3 is 1. The van der Waals surface area contributed by atoms with E-state index in [0.717, 1.165) is 0 Å². The van der Waals surface area contributed by atoms with E-state index < -0.39 is 0 Å². The van der Waals surface area contributed by atoms with Crippen molar-refractivity contribution in [2.75, 3.05) is 17.9 Å². The zero-order valence-corrected chi connectivity index (χ0v) is 11.4. The zero-order valence-electron chi connectivity index (χ0n) is 10.7. The summed E-state index contributed by atoms with van der Waals surface area (Å²) in [5, 5.41) is 3.12. The van der Waals surface area contributed by atoms with Gasteiger partial charge in [0.1, 0.15) is 5.75 Å². The number of carbonyl (C=O) groups is 1. The number of nitrogens with zero attached hydrogens (tertiary/aromatic N) is 1. The maximum Gasteiger partial charge on any atom is 0.259 e. The highest BCUT2D eigenvalue weighted by Crippen LogP contribution is 2.27. The minimum atomic E-state index is -0.340. The number of aromatic nitrogens is 1. The van der Waals surface area contributed by atoms with E-state index in [0.29, 0.717) is 27.7 Å². The Balaban J connectivity index is 2.21. The monoisotopic (exact) mass is 292 g/mol. The van der Waals surface area contributed by atoms with Crippen LogP contribution in [0.1, 0.15) is 10.4 Å². The van der Waals surface area contributed by atoms with Crippen molar-refractivity contribution in [2.45, 2.75) is 0 Å². The molecule has 2 aromatic rings. The van der Waals surface area contributed by atoms with Crippen LogP contribution in [0.4, 0.5) is 11.4 Å². The number of anilines is 2. The Kier molecular flexibility index (Phi) is 4.39. The first-order valence-corrected chi connectivity index (χ1v) is 6.09. The van der Waals surface area contributed by atoms with E-state index in [9.17, 15) is 4.79 Å². The second-order valence-electron chi connectivity index (χ2n) is 3.87.